The quantitative estimate of drug-likeness (QED) is 0.772. The predicted octanol–water partition coefficient (Wildman–Crippen LogP) is 2.22. The van der Waals surface area contributed by atoms with Gasteiger partial charge in [-0.1, -0.05) is 24.3 Å². The Morgan fingerprint density at radius 1 is 1.16 bits per heavy atom. The minimum atomic E-state index is -0.511. The number of carbonyl (C=O) groups is 3. The summed E-state index contributed by atoms with van der Waals surface area (Å²) in [5.41, 5.74) is 3.31. The summed E-state index contributed by atoms with van der Waals surface area (Å²) in [5, 5.41) is 6.19. The summed E-state index contributed by atoms with van der Waals surface area (Å²) in [6.45, 7) is 4.55. The predicted molar refractivity (Wildman–Crippen MR) is 116 cm³/mol. The van der Waals surface area contributed by atoms with E-state index in [9.17, 15) is 14.4 Å². The molecule has 2 unspecified atom stereocenters. The van der Waals surface area contributed by atoms with Crippen LogP contribution in [0.4, 0.5) is 10.5 Å². The highest BCUT2D eigenvalue weighted by Gasteiger charge is 2.47. The molecule has 2 N–H and O–H groups in total. The molecule has 162 valence electrons. The SMILES string of the molecule is Cc1cccc(C)c1NC(=O)CN1C(=O)N(Cc2ccccn2)C(=O)C2NCCCC21. The molecule has 2 aliphatic rings. The van der Waals surface area contributed by atoms with Crippen molar-refractivity contribution in [1.82, 2.24) is 20.1 Å². The second kappa shape index (κ2) is 8.85. The number of carbonyl (C=O) groups excluding carboxylic acids is 3. The summed E-state index contributed by atoms with van der Waals surface area (Å²) in [4.78, 5) is 46.3. The van der Waals surface area contributed by atoms with E-state index in [1.165, 1.54) is 9.80 Å². The van der Waals surface area contributed by atoms with Crippen molar-refractivity contribution in [2.75, 3.05) is 18.4 Å². The van der Waals surface area contributed by atoms with Crippen LogP contribution in [0.5, 0.6) is 0 Å². The smallest absolute Gasteiger partial charge is 0.324 e. The van der Waals surface area contributed by atoms with E-state index < -0.39 is 12.1 Å². The van der Waals surface area contributed by atoms with Crippen LogP contribution in [0.2, 0.25) is 0 Å². The maximum atomic E-state index is 13.3. The third-order valence-electron chi connectivity index (χ3n) is 5.94. The Morgan fingerprint density at radius 2 is 1.94 bits per heavy atom. The lowest BCUT2D eigenvalue weighted by atomic mass is 9.93. The first kappa shape index (κ1) is 21.0. The van der Waals surface area contributed by atoms with Crippen molar-refractivity contribution in [1.29, 1.82) is 0 Å². The van der Waals surface area contributed by atoms with E-state index in [0.717, 1.165) is 23.2 Å². The summed E-state index contributed by atoms with van der Waals surface area (Å²) in [5.74, 6) is -0.533. The highest BCUT2D eigenvalue weighted by atomic mass is 16.2. The topological polar surface area (TPSA) is 94.6 Å². The lowest BCUT2D eigenvalue weighted by Crippen LogP contribution is -2.70. The number of rotatable bonds is 5. The molecule has 8 heteroatoms. The van der Waals surface area contributed by atoms with Crippen LogP contribution in [0, 0.1) is 13.8 Å². The van der Waals surface area contributed by atoms with Gasteiger partial charge in [-0.05, 0) is 56.5 Å². The minimum absolute atomic E-state index is 0.0818. The van der Waals surface area contributed by atoms with Crippen LogP contribution >= 0.6 is 0 Å². The molecular weight excluding hydrogens is 394 g/mol. The maximum absolute atomic E-state index is 13.3. The molecule has 2 aromatic rings. The third-order valence-corrected chi connectivity index (χ3v) is 5.94. The molecule has 0 bridgehead atoms. The first-order chi connectivity index (χ1) is 15.0. The fourth-order valence-electron chi connectivity index (χ4n) is 4.35. The fourth-order valence-corrected chi connectivity index (χ4v) is 4.35. The number of fused-ring (bicyclic) bond motifs is 1. The van der Waals surface area contributed by atoms with Gasteiger partial charge in [-0.25, -0.2) is 4.79 Å². The van der Waals surface area contributed by atoms with Gasteiger partial charge in [-0.15, -0.1) is 0 Å². The molecule has 3 heterocycles. The number of benzene rings is 1. The van der Waals surface area contributed by atoms with Crippen LogP contribution in [0.1, 0.15) is 29.7 Å². The number of hydrogen-bond donors (Lipinski definition) is 2. The van der Waals surface area contributed by atoms with Gasteiger partial charge in [0.2, 0.25) is 11.8 Å². The molecule has 2 atom stereocenters. The standard InChI is InChI=1S/C23H27N5O3/c1-15-7-5-8-16(2)20(15)26-19(29)14-27-18-10-6-12-25-21(18)22(30)28(23(27)31)13-17-9-3-4-11-24-17/h3-5,7-9,11,18,21,25H,6,10,12-14H2,1-2H3,(H,26,29). The summed E-state index contributed by atoms with van der Waals surface area (Å²) in [6.07, 6.45) is 3.16. The summed E-state index contributed by atoms with van der Waals surface area (Å²) >= 11 is 0. The van der Waals surface area contributed by atoms with Gasteiger partial charge in [-0.2, -0.15) is 0 Å². The summed E-state index contributed by atoms with van der Waals surface area (Å²) in [7, 11) is 0. The second-order valence-corrected chi connectivity index (χ2v) is 8.11. The van der Waals surface area contributed by atoms with Gasteiger partial charge < -0.3 is 15.5 Å². The molecule has 31 heavy (non-hydrogen) atoms. The van der Waals surface area contributed by atoms with Crippen molar-refractivity contribution < 1.29 is 14.4 Å². The molecule has 4 amide bonds. The Bertz CT molecular complexity index is 974. The number of nitrogens with one attached hydrogen (secondary N) is 2. The van der Waals surface area contributed by atoms with E-state index in [0.29, 0.717) is 18.7 Å². The maximum Gasteiger partial charge on any atom is 0.327 e. The lowest BCUT2D eigenvalue weighted by molar-refractivity contribution is -0.138. The van der Waals surface area contributed by atoms with E-state index in [2.05, 4.69) is 15.6 Å². The molecule has 2 saturated heterocycles. The van der Waals surface area contributed by atoms with Crippen molar-refractivity contribution in [3.63, 3.8) is 0 Å². The van der Waals surface area contributed by atoms with Crippen molar-refractivity contribution in [2.45, 2.75) is 45.3 Å². The second-order valence-electron chi connectivity index (χ2n) is 8.11. The number of piperidine rings is 1. The normalized spacial score (nSPS) is 21.1. The Hall–Kier alpha value is -3.26. The molecular formula is C23H27N5O3. The molecule has 8 nitrogen and oxygen atoms in total. The number of para-hydroxylation sites is 1. The number of anilines is 1. The van der Waals surface area contributed by atoms with Gasteiger partial charge in [0.15, 0.2) is 0 Å². The Balaban J connectivity index is 1.56. The largest absolute Gasteiger partial charge is 0.327 e. The zero-order valence-corrected chi connectivity index (χ0v) is 17.8. The number of pyridine rings is 1. The Labute approximate surface area is 181 Å². The van der Waals surface area contributed by atoms with E-state index in [4.69, 9.17) is 0 Å². The third kappa shape index (κ3) is 4.29. The Morgan fingerprint density at radius 3 is 2.65 bits per heavy atom. The van der Waals surface area contributed by atoms with Crippen molar-refractivity contribution in [2.24, 2.45) is 0 Å². The monoisotopic (exact) mass is 421 g/mol. The van der Waals surface area contributed by atoms with Crippen LogP contribution < -0.4 is 10.6 Å². The van der Waals surface area contributed by atoms with E-state index >= 15 is 0 Å². The zero-order valence-electron chi connectivity index (χ0n) is 17.8. The molecule has 0 saturated carbocycles. The first-order valence-electron chi connectivity index (χ1n) is 10.6. The average Bonchev–Trinajstić information content (AvgIpc) is 2.77. The molecule has 1 aromatic carbocycles. The Kier molecular flexibility index (Phi) is 5.99. The van der Waals surface area contributed by atoms with Crippen molar-refractivity contribution in [3.05, 3.63) is 59.4 Å². The van der Waals surface area contributed by atoms with Crippen LogP contribution in [-0.2, 0) is 16.1 Å². The number of nitrogens with zero attached hydrogens (tertiary/aromatic N) is 3. The molecule has 1 aromatic heterocycles. The number of urea groups is 1. The van der Waals surface area contributed by atoms with Crippen LogP contribution in [-0.4, -0.2) is 57.8 Å². The van der Waals surface area contributed by atoms with E-state index in [-0.39, 0.29) is 30.9 Å². The van der Waals surface area contributed by atoms with Crippen molar-refractivity contribution in [3.8, 4) is 0 Å². The van der Waals surface area contributed by atoms with Crippen LogP contribution in [0.25, 0.3) is 0 Å². The van der Waals surface area contributed by atoms with Gasteiger partial charge in [0.1, 0.15) is 12.6 Å². The average molecular weight is 422 g/mol. The van der Waals surface area contributed by atoms with Gasteiger partial charge in [0.25, 0.3) is 0 Å². The molecule has 0 spiro atoms. The van der Waals surface area contributed by atoms with E-state index in [1.54, 1.807) is 18.3 Å². The number of aryl methyl sites for hydroxylation is 2. The number of imide groups is 1. The highest BCUT2D eigenvalue weighted by Crippen LogP contribution is 2.26. The highest BCUT2D eigenvalue weighted by molar-refractivity contribution is 6.03. The summed E-state index contributed by atoms with van der Waals surface area (Å²) < 4.78 is 0. The number of hydrogen-bond acceptors (Lipinski definition) is 5. The molecule has 4 rings (SSSR count). The fraction of sp³-hybridized carbons (Fsp3) is 0.391. The first-order valence-corrected chi connectivity index (χ1v) is 10.6. The van der Waals surface area contributed by atoms with Gasteiger partial charge in [0.05, 0.1) is 18.3 Å². The van der Waals surface area contributed by atoms with Crippen LogP contribution in [0.15, 0.2) is 42.6 Å². The van der Waals surface area contributed by atoms with Gasteiger partial charge in [0, 0.05) is 11.9 Å². The molecule has 2 fully saturated rings. The van der Waals surface area contributed by atoms with Gasteiger partial charge in [-0.3, -0.25) is 19.5 Å². The summed E-state index contributed by atoms with van der Waals surface area (Å²) in [6, 6.07) is 9.89. The lowest BCUT2D eigenvalue weighted by Gasteiger charge is -2.46. The number of amides is 4. The minimum Gasteiger partial charge on any atom is -0.324 e. The number of aromatic nitrogens is 1. The van der Waals surface area contributed by atoms with Crippen LogP contribution in [0.3, 0.4) is 0 Å². The van der Waals surface area contributed by atoms with Crippen molar-refractivity contribution >= 4 is 23.5 Å². The van der Waals surface area contributed by atoms with E-state index in [1.807, 2.05) is 38.1 Å². The molecule has 0 radical (unpaired) electrons. The van der Waals surface area contributed by atoms with Gasteiger partial charge >= 0.3 is 6.03 Å². The molecule has 0 aliphatic carbocycles. The zero-order chi connectivity index (χ0) is 22.0. The molecule has 2 aliphatic heterocycles.